The van der Waals surface area contributed by atoms with Gasteiger partial charge >= 0.3 is 0 Å². The minimum Gasteiger partial charge on any atom is -0.497 e. The van der Waals surface area contributed by atoms with Crippen molar-refractivity contribution in [1.82, 2.24) is 0 Å². The van der Waals surface area contributed by atoms with E-state index in [2.05, 4.69) is 0 Å². The minimum atomic E-state index is -2.72. The number of hydrogen-bond acceptors (Lipinski definition) is 1. The van der Waals surface area contributed by atoms with Crippen LogP contribution in [0.25, 0.3) is 11.1 Å². The van der Waals surface area contributed by atoms with Crippen molar-refractivity contribution >= 4 is 0 Å². The smallest absolute Gasteiger partial charge is 0.264 e. The normalized spacial score (nSPS) is 10.8. The van der Waals surface area contributed by atoms with Crippen molar-refractivity contribution in [3.8, 4) is 16.9 Å². The SMILES string of the molecule is COc1cc(-c2cccc(F)c2F)cc(C(F)F)c1. The summed E-state index contributed by atoms with van der Waals surface area (Å²) in [6.07, 6.45) is -2.72. The van der Waals surface area contributed by atoms with E-state index in [0.717, 1.165) is 18.2 Å². The van der Waals surface area contributed by atoms with Gasteiger partial charge in [-0.05, 0) is 29.8 Å². The zero-order chi connectivity index (χ0) is 14.0. The molecular weight excluding hydrogens is 260 g/mol. The summed E-state index contributed by atoms with van der Waals surface area (Å²) in [5.74, 6) is -1.94. The molecule has 0 saturated heterocycles. The summed E-state index contributed by atoms with van der Waals surface area (Å²) in [5.41, 5.74) is -0.245. The maximum atomic E-state index is 13.7. The van der Waals surface area contributed by atoms with Gasteiger partial charge in [-0.3, -0.25) is 0 Å². The van der Waals surface area contributed by atoms with E-state index in [1.807, 2.05) is 0 Å². The van der Waals surface area contributed by atoms with Gasteiger partial charge in [-0.2, -0.15) is 0 Å². The van der Waals surface area contributed by atoms with Crippen LogP contribution in [0.1, 0.15) is 12.0 Å². The summed E-state index contributed by atoms with van der Waals surface area (Å²) < 4.78 is 57.2. The lowest BCUT2D eigenvalue weighted by Gasteiger charge is -2.10. The predicted octanol–water partition coefficient (Wildman–Crippen LogP) is 4.58. The maximum absolute atomic E-state index is 13.7. The maximum Gasteiger partial charge on any atom is 0.264 e. The minimum absolute atomic E-state index is 0.0826. The van der Waals surface area contributed by atoms with E-state index < -0.39 is 18.1 Å². The number of rotatable bonds is 3. The first-order valence-electron chi connectivity index (χ1n) is 5.44. The zero-order valence-corrected chi connectivity index (χ0v) is 9.96. The summed E-state index contributed by atoms with van der Waals surface area (Å²) in [7, 11) is 1.32. The third-order valence-electron chi connectivity index (χ3n) is 2.68. The van der Waals surface area contributed by atoms with E-state index in [1.165, 1.54) is 25.3 Å². The van der Waals surface area contributed by atoms with Crippen molar-refractivity contribution in [2.75, 3.05) is 7.11 Å². The molecule has 0 aliphatic rings. The second kappa shape index (κ2) is 5.30. The fourth-order valence-electron chi connectivity index (χ4n) is 1.75. The molecule has 0 heterocycles. The van der Waals surface area contributed by atoms with Crippen LogP contribution in [0.2, 0.25) is 0 Å². The van der Waals surface area contributed by atoms with Gasteiger partial charge in [-0.15, -0.1) is 0 Å². The van der Waals surface area contributed by atoms with E-state index in [9.17, 15) is 17.6 Å². The van der Waals surface area contributed by atoms with Crippen LogP contribution >= 0.6 is 0 Å². The molecule has 0 saturated carbocycles. The molecule has 0 bridgehead atoms. The average Bonchev–Trinajstić information content (AvgIpc) is 2.41. The Labute approximate surface area is 107 Å². The molecule has 1 nitrogen and oxygen atoms in total. The van der Waals surface area contributed by atoms with Crippen LogP contribution in [0.4, 0.5) is 17.6 Å². The summed E-state index contributed by atoms with van der Waals surface area (Å²) in [6, 6.07) is 7.25. The molecule has 0 aliphatic carbocycles. The first-order chi connectivity index (χ1) is 9.02. The Kier molecular flexibility index (Phi) is 3.74. The third-order valence-corrected chi connectivity index (χ3v) is 2.68. The van der Waals surface area contributed by atoms with Crippen molar-refractivity contribution in [2.45, 2.75) is 6.43 Å². The van der Waals surface area contributed by atoms with E-state index in [4.69, 9.17) is 4.74 Å². The van der Waals surface area contributed by atoms with E-state index in [0.29, 0.717) is 0 Å². The number of benzene rings is 2. The Morgan fingerprint density at radius 3 is 2.42 bits per heavy atom. The predicted molar refractivity (Wildman–Crippen MR) is 63.3 cm³/mol. The number of methoxy groups -OCH3 is 1. The Hall–Kier alpha value is -2.04. The number of ether oxygens (including phenoxy) is 1. The Morgan fingerprint density at radius 1 is 1.05 bits per heavy atom. The standard InChI is InChI=1S/C14H10F4O/c1-19-10-6-8(5-9(7-10)14(17)18)11-3-2-4-12(15)13(11)16/h2-7,14H,1H3. The van der Waals surface area contributed by atoms with E-state index in [1.54, 1.807) is 0 Å². The van der Waals surface area contributed by atoms with Crippen LogP contribution in [0.15, 0.2) is 36.4 Å². The molecule has 100 valence electrons. The fraction of sp³-hybridized carbons (Fsp3) is 0.143. The van der Waals surface area contributed by atoms with Gasteiger partial charge in [0.25, 0.3) is 6.43 Å². The monoisotopic (exact) mass is 270 g/mol. The summed E-state index contributed by atoms with van der Waals surface area (Å²) >= 11 is 0. The Bertz CT molecular complexity index is 596. The van der Waals surface area contributed by atoms with Gasteiger partial charge in [-0.25, -0.2) is 17.6 Å². The van der Waals surface area contributed by atoms with Crippen molar-refractivity contribution < 1.29 is 22.3 Å². The molecule has 0 aromatic heterocycles. The first-order valence-corrected chi connectivity index (χ1v) is 5.44. The number of hydrogen-bond donors (Lipinski definition) is 0. The highest BCUT2D eigenvalue weighted by Crippen LogP contribution is 2.32. The second-order valence-corrected chi connectivity index (χ2v) is 3.90. The van der Waals surface area contributed by atoms with Crippen LogP contribution in [0.3, 0.4) is 0 Å². The largest absolute Gasteiger partial charge is 0.497 e. The molecule has 5 heteroatoms. The second-order valence-electron chi connectivity index (χ2n) is 3.90. The fourth-order valence-corrected chi connectivity index (χ4v) is 1.75. The van der Waals surface area contributed by atoms with E-state index in [-0.39, 0.29) is 22.4 Å². The third kappa shape index (κ3) is 2.70. The molecule has 2 aromatic rings. The highest BCUT2D eigenvalue weighted by atomic mass is 19.3. The van der Waals surface area contributed by atoms with Gasteiger partial charge in [0.1, 0.15) is 5.75 Å². The lowest BCUT2D eigenvalue weighted by atomic mass is 10.0. The highest BCUT2D eigenvalue weighted by Gasteiger charge is 2.15. The van der Waals surface area contributed by atoms with Crippen LogP contribution in [0, 0.1) is 11.6 Å². The van der Waals surface area contributed by atoms with Gasteiger partial charge in [0.2, 0.25) is 0 Å². The molecule has 0 atom stereocenters. The van der Waals surface area contributed by atoms with Gasteiger partial charge in [0, 0.05) is 11.1 Å². The topological polar surface area (TPSA) is 9.23 Å². The van der Waals surface area contributed by atoms with Crippen molar-refractivity contribution in [3.63, 3.8) is 0 Å². The lowest BCUT2D eigenvalue weighted by molar-refractivity contribution is 0.151. The van der Waals surface area contributed by atoms with Gasteiger partial charge in [-0.1, -0.05) is 12.1 Å². The summed E-state index contributed by atoms with van der Waals surface area (Å²) in [5, 5.41) is 0. The van der Waals surface area contributed by atoms with Crippen molar-refractivity contribution in [3.05, 3.63) is 53.6 Å². The highest BCUT2D eigenvalue weighted by molar-refractivity contribution is 5.67. The van der Waals surface area contributed by atoms with Crippen LogP contribution < -0.4 is 4.74 Å². The molecule has 0 spiro atoms. The zero-order valence-electron chi connectivity index (χ0n) is 9.96. The summed E-state index contributed by atoms with van der Waals surface area (Å²) in [6.45, 7) is 0. The van der Waals surface area contributed by atoms with E-state index >= 15 is 0 Å². The van der Waals surface area contributed by atoms with Gasteiger partial charge < -0.3 is 4.74 Å². The van der Waals surface area contributed by atoms with Crippen molar-refractivity contribution in [1.29, 1.82) is 0 Å². The molecule has 19 heavy (non-hydrogen) atoms. The number of halogens is 4. The molecule has 0 fully saturated rings. The molecule has 0 N–H and O–H groups in total. The molecule has 0 unspecified atom stereocenters. The Morgan fingerprint density at radius 2 is 1.79 bits per heavy atom. The lowest BCUT2D eigenvalue weighted by Crippen LogP contribution is -1.93. The van der Waals surface area contributed by atoms with Crippen molar-refractivity contribution in [2.24, 2.45) is 0 Å². The molecule has 0 radical (unpaired) electrons. The van der Waals surface area contributed by atoms with Gasteiger partial charge in [0.15, 0.2) is 11.6 Å². The van der Waals surface area contributed by atoms with Crippen LogP contribution in [0.5, 0.6) is 5.75 Å². The first kappa shape index (κ1) is 13.4. The average molecular weight is 270 g/mol. The molecule has 2 aromatic carbocycles. The molecule has 0 amide bonds. The summed E-state index contributed by atoms with van der Waals surface area (Å²) in [4.78, 5) is 0. The molecule has 2 rings (SSSR count). The molecular formula is C14H10F4O. The van der Waals surface area contributed by atoms with Crippen LogP contribution in [-0.4, -0.2) is 7.11 Å². The Balaban J connectivity index is 2.61. The number of alkyl halides is 2. The van der Waals surface area contributed by atoms with Gasteiger partial charge in [0.05, 0.1) is 7.11 Å². The quantitative estimate of drug-likeness (QED) is 0.742. The molecule has 0 aliphatic heterocycles. The van der Waals surface area contributed by atoms with Crippen LogP contribution in [-0.2, 0) is 0 Å².